The lowest BCUT2D eigenvalue weighted by molar-refractivity contribution is 0.864. The van der Waals surface area contributed by atoms with Gasteiger partial charge in [0.2, 0.25) is 0 Å². The molecule has 0 spiro atoms. The predicted molar refractivity (Wildman–Crippen MR) is 54.6 cm³/mol. The maximum absolute atomic E-state index is 6.19. The molecule has 0 aliphatic rings. The molecule has 64 valence electrons. The first-order valence-electron chi connectivity index (χ1n) is 3.69. The minimum Gasteiger partial charge on any atom is -0.110 e. The number of halogens is 2. The standard InChI is InChI=1S/C10H10Cl2/c1-10(12,7-8-11)9-5-3-2-4-6-9/h2-8H,1H3. The van der Waals surface area contributed by atoms with Crippen LogP contribution < -0.4 is 0 Å². The molecular formula is C10H10Cl2. The second-order valence-corrected chi connectivity index (χ2v) is 3.77. The first-order chi connectivity index (χ1) is 5.67. The molecule has 1 rings (SSSR count). The molecule has 1 unspecified atom stereocenters. The van der Waals surface area contributed by atoms with Gasteiger partial charge in [0, 0.05) is 5.54 Å². The Balaban J connectivity index is 2.97. The van der Waals surface area contributed by atoms with Gasteiger partial charge in [-0.25, -0.2) is 0 Å². The van der Waals surface area contributed by atoms with E-state index >= 15 is 0 Å². The smallest absolute Gasteiger partial charge is 0.0858 e. The molecule has 0 fully saturated rings. The Kier molecular flexibility index (Phi) is 3.19. The minimum atomic E-state index is -0.497. The van der Waals surface area contributed by atoms with Crippen molar-refractivity contribution >= 4 is 23.2 Å². The molecule has 2 heteroatoms. The second-order valence-electron chi connectivity index (χ2n) is 2.73. The summed E-state index contributed by atoms with van der Waals surface area (Å²) in [5, 5.41) is 0. The van der Waals surface area contributed by atoms with Gasteiger partial charge < -0.3 is 0 Å². The van der Waals surface area contributed by atoms with E-state index in [1.54, 1.807) is 6.08 Å². The van der Waals surface area contributed by atoms with E-state index in [2.05, 4.69) is 0 Å². The van der Waals surface area contributed by atoms with Gasteiger partial charge >= 0.3 is 0 Å². The first-order valence-corrected chi connectivity index (χ1v) is 4.50. The molecule has 0 aliphatic heterocycles. The van der Waals surface area contributed by atoms with Crippen molar-refractivity contribution in [3.05, 3.63) is 47.5 Å². The van der Waals surface area contributed by atoms with Crippen LogP contribution in [0.5, 0.6) is 0 Å². The van der Waals surface area contributed by atoms with Crippen molar-refractivity contribution in [3.63, 3.8) is 0 Å². The van der Waals surface area contributed by atoms with Crippen molar-refractivity contribution in [2.45, 2.75) is 11.8 Å². The maximum Gasteiger partial charge on any atom is 0.0858 e. The minimum absolute atomic E-state index is 0.497. The van der Waals surface area contributed by atoms with Crippen molar-refractivity contribution in [3.8, 4) is 0 Å². The van der Waals surface area contributed by atoms with Crippen LogP contribution in [-0.2, 0) is 4.87 Å². The third-order valence-electron chi connectivity index (χ3n) is 1.71. The van der Waals surface area contributed by atoms with Crippen LogP contribution in [0.3, 0.4) is 0 Å². The lowest BCUT2D eigenvalue weighted by atomic mass is 10.0. The molecule has 0 radical (unpaired) electrons. The third kappa shape index (κ3) is 2.26. The molecule has 1 aromatic rings. The molecule has 0 amide bonds. The lowest BCUT2D eigenvalue weighted by Crippen LogP contribution is -2.08. The summed E-state index contributed by atoms with van der Waals surface area (Å²) in [7, 11) is 0. The number of hydrogen-bond donors (Lipinski definition) is 0. The van der Waals surface area contributed by atoms with Crippen LogP contribution >= 0.6 is 23.2 Å². The van der Waals surface area contributed by atoms with Gasteiger partial charge in [-0.05, 0) is 18.6 Å². The Bertz CT molecular complexity index is 262. The van der Waals surface area contributed by atoms with Crippen LogP contribution in [0.2, 0.25) is 0 Å². The monoisotopic (exact) mass is 200 g/mol. The Labute approximate surface area is 82.8 Å². The van der Waals surface area contributed by atoms with E-state index in [0.717, 1.165) is 5.56 Å². The SMILES string of the molecule is CC(Cl)(C=CCl)c1ccccc1. The molecule has 0 nitrogen and oxygen atoms in total. The van der Waals surface area contributed by atoms with Gasteiger partial charge in [0.15, 0.2) is 0 Å². The summed E-state index contributed by atoms with van der Waals surface area (Å²) < 4.78 is 0. The average Bonchev–Trinajstić information content (AvgIpc) is 2.06. The normalized spacial score (nSPS) is 16.2. The molecule has 0 bridgehead atoms. The second kappa shape index (κ2) is 3.97. The fraction of sp³-hybridized carbons (Fsp3) is 0.200. The van der Waals surface area contributed by atoms with Crippen LogP contribution in [0, 0.1) is 0 Å². The van der Waals surface area contributed by atoms with Crippen molar-refractivity contribution in [2.24, 2.45) is 0 Å². The Morgan fingerprint density at radius 2 is 1.83 bits per heavy atom. The van der Waals surface area contributed by atoms with Crippen molar-refractivity contribution < 1.29 is 0 Å². The van der Waals surface area contributed by atoms with Gasteiger partial charge in [0.1, 0.15) is 0 Å². The Hall–Kier alpha value is -0.460. The highest BCUT2D eigenvalue weighted by molar-refractivity contribution is 6.28. The van der Waals surface area contributed by atoms with Crippen LogP contribution in [0.15, 0.2) is 41.9 Å². The quantitative estimate of drug-likeness (QED) is 0.636. The van der Waals surface area contributed by atoms with Crippen molar-refractivity contribution in [1.29, 1.82) is 0 Å². The lowest BCUT2D eigenvalue weighted by Gasteiger charge is -2.17. The molecule has 12 heavy (non-hydrogen) atoms. The number of benzene rings is 1. The van der Waals surface area contributed by atoms with Crippen LogP contribution in [0.1, 0.15) is 12.5 Å². The fourth-order valence-electron chi connectivity index (χ4n) is 0.979. The molecule has 1 aromatic carbocycles. The summed E-state index contributed by atoms with van der Waals surface area (Å²) in [5.74, 6) is 0. The highest BCUT2D eigenvalue weighted by Gasteiger charge is 2.18. The molecule has 1 atom stereocenters. The van der Waals surface area contributed by atoms with Gasteiger partial charge in [-0.3, -0.25) is 0 Å². The molecule has 0 saturated heterocycles. The zero-order chi connectivity index (χ0) is 9.03. The van der Waals surface area contributed by atoms with Crippen molar-refractivity contribution in [2.75, 3.05) is 0 Å². The summed E-state index contributed by atoms with van der Waals surface area (Å²) in [6.45, 7) is 1.91. The van der Waals surface area contributed by atoms with E-state index in [9.17, 15) is 0 Å². The highest BCUT2D eigenvalue weighted by atomic mass is 35.5. The zero-order valence-electron chi connectivity index (χ0n) is 6.80. The predicted octanol–water partition coefficient (Wildman–Crippen LogP) is 3.89. The summed E-state index contributed by atoms with van der Waals surface area (Å²) >= 11 is 11.7. The molecule has 0 aliphatic carbocycles. The molecule has 0 saturated carbocycles. The summed E-state index contributed by atoms with van der Waals surface area (Å²) in [6, 6.07) is 9.82. The van der Waals surface area contributed by atoms with E-state index in [4.69, 9.17) is 23.2 Å². The largest absolute Gasteiger partial charge is 0.110 e. The Morgan fingerprint density at radius 3 is 2.33 bits per heavy atom. The van der Waals surface area contributed by atoms with Gasteiger partial charge in [-0.1, -0.05) is 41.9 Å². The zero-order valence-corrected chi connectivity index (χ0v) is 8.31. The van der Waals surface area contributed by atoms with E-state index in [1.165, 1.54) is 5.54 Å². The first kappa shape index (κ1) is 9.63. The van der Waals surface area contributed by atoms with Crippen molar-refractivity contribution in [1.82, 2.24) is 0 Å². The third-order valence-corrected chi connectivity index (χ3v) is 2.18. The van der Waals surface area contributed by atoms with Crippen LogP contribution in [-0.4, -0.2) is 0 Å². The number of alkyl halides is 1. The number of rotatable bonds is 2. The average molecular weight is 201 g/mol. The maximum atomic E-state index is 6.19. The number of hydrogen-bond acceptors (Lipinski definition) is 0. The van der Waals surface area contributed by atoms with Crippen LogP contribution in [0.25, 0.3) is 0 Å². The van der Waals surface area contributed by atoms with Crippen LogP contribution in [0.4, 0.5) is 0 Å². The topological polar surface area (TPSA) is 0 Å². The van der Waals surface area contributed by atoms with Gasteiger partial charge in [-0.15, -0.1) is 11.6 Å². The molecule has 0 aromatic heterocycles. The van der Waals surface area contributed by atoms with Gasteiger partial charge in [0.25, 0.3) is 0 Å². The molecule has 0 heterocycles. The fourth-order valence-corrected chi connectivity index (χ4v) is 1.48. The Morgan fingerprint density at radius 1 is 1.25 bits per heavy atom. The van der Waals surface area contributed by atoms with E-state index in [1.807, 2.05) is 37.3 Å². The van der Waals surface area contributed by atoms with E-state index in [-0.39, 0.29) is 0 Å². The number of allylic oxidation sites excluding steroid dienone is 1. The summed E-state index contributed by atoms with van der Waals surface area (Å²) in [5.41, 5.74) is 2.49. The molecule has 0 N–H and O–H groups in total. The van der Waals surface area contributed by atoms with Gasteiger partial charge in [0.05, 0.1) is 4.87 Å². The summed E-state index contributed by atoms with van der Waals surface area (Å²) in [6.07, 6.45) is 1.76. The summed E-state index contributed by atoms with van der Waals surface area (Å²) in [4.78, 5) is -0.497. The molecular weight excluding hydrogens is 191 g/mol. The van der Waals surface area contributed by atoms with Gasteiger partial charge in [-0.2, -0.15) is 0 Å². The van der Waals surface area contributed by atoms with E-state index in [0.29, 0.717) is 0 Å². The van der Waals surface area contributed by atoms with E-state index < -0.39 is 4.87 Å². The highest BCUT2D eigenvalue weighted by Crippen LogP contribution is 2.29.